The number of hydrogen-bond donors (Lipinski definition) is 1. The van der Waals surface area contributed by atoms with Crippen LogP contribution in [0.2, 0.25) is 0 Å². The Hall–Kier alpha value is -1.40. The van der Waals surface area contributed by atoms with Gasteiger partial charge in [0.1, 0.15) is 6.29 Å². The molecule has 0 saturated carbocycles. The second kappa shape index (κ2) is 5.07. The highest BCUT2D eigenvalue weighted by atomic mass is 32.2. The molecule has 0 fully saturated rings. The number of anilines is 1. The molecule has 1 aromatic rings. The summed E-state index contributed by atoms with van der Waals surface area (Å²) in [4.78, 5) is 10.6. The van der Waals surface area contributed by atoms with Crippen LogP contribution in [-0.4, -0.2) is 21.2 Å². The van der Waals surface area contributed by atoms with E-state index in [1.165, 1.54) is 0 Å². The van der Waals surface area contributed by atoms with Gasteiger partial charge in [0, 0.05) is 0 Å². The summed E-state index contributed by atoms with van der Waals surface area (Å²) in [6.07, 6.45) is 2.22. The van der Waals surface area contributed by atoms with Crippen LogP contribution >= 0.6 is 0 Å². The lowest BCUT2D eigenvalue weighted by Crippen LogP contribution is -2.47. The molecule has 1 aromatic carbocycles. The van der Waals surface area contributed by atoms with E-state index in [4.69, 9.17) is 0 Å². The van der Waals surface area contributed by atoms with Gasteiger partial charge in [0.25, 0.3) is 0 Å². The first kappa shape index (κ1) is 13.0. The average Bonchev–Trinajstić information content (AvgIpc) is 2.34. The molecule has 1 N–H and O–H groups in total. The number of benzene rings is 1. The smallest absolute Gasteiger partial charge is 0.301 e. The van der Waals surface area contributed by atoms with Crippen molar-refractivity contribution in [2.75, 3.05) is 10.8 Å². The van der Waals surface area contributed by atoms with Gasteiger partial charge in [-0.25, -0.2) is 0 Å². The molecule has 1 atom stereocenters. The van der Waals surface area contributed by atoms with Crippen molar-refractivity contribution in [2.24, 2.45) is 0 Å². The monoisotopic (exact) mass is 268 g/mol. The molecule has 0 amide bonds. The van der Waals surface area contributed by atoms with Crippen molar-refractivity contribution >= 4 is 22.2 Å². The predicted octanol–water partition coefficient (Wildman–Crippen LogP) is 1.38. The molecule has 0 saturated heterocycles. The Balaban J connectivity index is 2.51. The average molecular weight is 268 g/mol. The molecule has 6 heteroatoms. The Morgan fingerprint density at radius 3 is 2.78 bits per heavy atom. The van der Waals surface area contributed by atoms with Gasteiger partial charge < -0.3 is 4.79 Å². The quantitative estimate of drug-likeness (QED) is 0.839. The van der Waals surface area contributed by atoms with E-state index in [0.29, 0.717) is 12.0 Å². The predicted molar refractivity (Wildman–Crippen MR) is 69.6 cm³/mol. The van der Waals surface area contributed by atoms with Crippen LogP contribution in [0.1, 0.15) is 31.4 Å². The number of aldehydes is 1. The number of rotatable bonds is 4. The lowest BCUT2D eigenvalue weighted by Gasteiger charge is -2.34. The van der Waals surface area contributed by atoms with Gasteiger partial charge in [-0.3, -0.25) is 4.31 Å². The third-order valence-corrected chi connectivity index (χ3v) is 4.49. The van der Waals surface area contributed by atoms with Gasteiger partial charge in [0.2, 0.25) is 0 Å². The fourth-order valence-corrected chi connectivity index (χ4v) is 3.63. The normalized spacial score (nSPS) is 21.4. The van der Waals surface area contributed by atoms with Gasteiger partial charge in [0.15, 0.2) is 0 Å². The van der Waals surface area contributed by atoms with E-state index in [2.05, 4.69) is 4.72 Å². The van der Waals surface area contributed by atoms with Gasteiger partial charge in [-0.15, -0.1) is 0 Å². The Morgan fingerprint density at radius 1 is 1.39 bits per heavy atom. The number of carbonyl (C=O) groups is 1. The molecule has 0 radical (unpaired) electrons. The molecule has 1 aliphatic heterocycles. The molecule has 2 rings (SSSR count). The van der Waals surface area contributed by atoms with Crippen molar-refractivity contribution in [3.8, 4) is 0 Å². The Kier molecular flexibility index (Phi) is 3.68. The molecule has 18 heavy (non-hydrogen) atoms. The zero-order chi connectivity index (χ0) is 13.2. The lowest BCUT2D eigenvalue weighted by atomic mass is 10.0. The van der Waals surface area contributed by atoms with E-state index in [1.807, 2.05) is 19.1 Å². The van der Waals surface area contributed by atoms with Crippen molar-refractivity contribution in [3.63, 3.8) is 0 Å². The first-order chi connectivity index (χ1) is 8.60. The molecule has 98 valence electrons. The van der Waals surface area contributed by atoms with E-state index in [1.54, 1.807) is 12.1 Å². The largest absolute Gasteiger partial charge is 0.302 e. The first-order valence-corrected chi connectivity index (χ1v) is 7.36. The van der Waals surface area contributed by atoms with Gasteiger partial charge >= 0.3 is 10.2 Å². The van der Waals surface area contributed by atoms with E-state index >= 15 is 0 Å². The van der Waals surface area contributed by atoms with Crippen LogP contribution in [0, 0.1) is 0 Å². The lowest BCUT2D eigenvalue weighted by molar-refractivity contribution is -0.106. The van der Waals surface area contributed by atoms with Crippen molar-refractivity contribution in [3.05, 3.63) is 29.8 Å². The van der Waals surface area contributed by atoms with E-state index in [0.717, 1.165) is 22.7 Å². The standard InChI is InChI=1S/C12H16N2O3S/c1-2-5-11-10-6-3-4-7-12(10)14(8-9-15)18(16,17)13-11/h3-4,6-7,9,11,13H,2,5,8H2,1H3. The minimum absolute atomic E-state index is 0.162. The molecule has 0 spiro atoms. The fourth-order valence-electron chi connectivity index (χ4n) is 2.21. The topological polar surface area (TPSA) is 66.5 Å². The number of fused-ring (bicyclic) bond motifs is 1. The minimum Gasteiger partial charge on any atom is -0.301 e. The van der Waals surface area contributed by atoms with Gasteiger partial charge in [-0.1, -0.05) is 31.5 Å². The molecule has 0 aliphatic carbocycles. The Morgan fingerprint density at radius 2 is 2.11 bits per heavy atom. The summed E-state index contributed by atoms with van der Waals surface area (Å²) in [7, 11) is -3.62. The van der Waals surface area contributed by atoms with Crippen molar-refractivity contribution in [1.29, 1.82) is 0 Å². The Bertz CT molecular complexity index is 542. The van der Waals surface area contributed by atoms with E-state index < -0.39 is 10.2 Å². The van der Waals surface area contributed by atoms with Crippen LogP contribution < -0.4 is 9.03 Å². The minimum atomic E-state index is -3.62. The van der Waals surface area contributed by atoms with E-state index in [9.17, 15) is 13.2 Å². The number of nitrogens with one attached hydrogen (secondary N) is 1. The van der Waals surface area contributed by atoms with Crippen LogP contribution in [-0.2, 0) is 15.0 Å². The molecule has 5 nitrogen and oxygen atoms in total. The SMILES string of the molecule is CCCC1NS(=O)(=O)N(CC=O)c2ccccc21. The summed E-state index contributed by atoms with van der Waals surface area (Å²) in [6.45, 7) is 1.85. The second-order valence-electron chi connectivity index (χ2n) is 4.22. The molecule has 0 aromatic heterocycles. The molecular weight excluding hydrogens is 252 g/mol. The molecule has 1 unspecified atom stereocenters. The van der Waals surface area contributed by atoms with E-state index in [-0.39, 0.29) is 12.6 Å². The first-order valence-electron chi connectivity index (χ1n) is 5.92. The third kappa shape index (κ3) is 2.26. The van der Waals surface area contributed by atoms with Crippen LogP contribution in [0.4, 0.5) is 5.69 Å². The number of para-hydroxylation sites is 1. The number of carbonyl (C=O) groups excluding carboxylic acids is 1. The summed E-state index contributed by atoms with van der Waals surface area (Å²) < 4.78 is 27.9. The van der Waals surface area contributed by atoms with Gasteiger partial charge in [0.05, 0.1) is 18.3 Å². The molecular formula is C12H16N2O3S. The maximum Gasteiger partial charge on any atom is 0.302 e. The van der Waals surface area contributed by atoms with Crippen molar-refractivity contribution in [2.45, 2.75) is 25.8 Å². The fraction of sp³-hybridized carbons (Fsp3) is 0.417. The zero-order valence-corrected chi connectivity index (χ0v) is 11.0. The summed E-state index contributed by atoms with van der Waals surface area (Å²) >= 11 is 0. The highest BCUT2D eigenvalue weighted by Crippen LogP contribution is 2.35. The van der Waals surface area contributed by atoms with Crippen LogP contribution in [0.3, 0.4) is 0 Å². The van der Waals surface area contributed by atoms with Gasteiger partial charge in [-0.2, -0.15) is 13.1 Å². The summed E-state index contributed by atoms with van der Waals surface area (Å²) in [6, 6.07) is 7.08. The number of hydrogen-bond acceptors (Lipinski definition) is 3. The maximum atomic E-state index is 12.1. The van der Waals surface area contributed by atoms with Crippen LogP contribution in [0.15, 0.2) is 24.3 Å². The number of nitrogens with zero attached hydrogens (tertiary/aromatic N) is 1. The summed E-state index contributed by atoms with van der Waals surface area (Å²) in [5, 5.41) is 0. The molecule has 1 aliphatic rings. The van der Waals surface area contributed by atoms with Crippen molar-refractivity contribution < 1.29 is 13.2 Å². The van der Waals surface area contributed by atoms with Crippen LogP contribution in [0.5, 0.6) is 0 Å². The molecule has 0 bridgehead atoms. The highest BCUT2D eigenvalue weighted by Gasteiger charge is 2.34. The summed E-state index contributed by atoms with van der Waals surface area (Å²) in [5.41, 5.74) is 1.53. The van der Waals surface area contributed by atoms with Crippen molar-refractivity contribution in [1.82, 2.24) is 4.72 Å². The molecule has 1 heterocycles. The highest BCUT2D eigenvalue weighted by molar-refractivity contribution is 7.91. The van der Waals surface area contributed by atoms with Crippen LogP contribution in [0.25, 0.3) is 0 Å². The van der Waals surface area contributed by atoms with Gasteiger partial charge in [-0.05, 0) is 18.1 Å². The maximum absolute atomic E-state index is 12.1. The Labute approximate surface area is 107 Å². The zero-order valence-electron chi connectivity index (χ0n) is 10.2. The second-order valence-corrected chi connectivity index (χ2v) is 5.85. The third-order valence-electron chi connectivity index (χ3n) is 2.98. The summed E-state index contributed by atoms with van der Waals surface area (Å²) in [5.74, 6) is 0.